The second-order valence-corrected chi connectivity index (χ2v) is 8.13. The molecule has 2 atom stereocenters. The molecule has 1 N–H and O–H groups in total. The second kappa shape index (κ2) is 5.77. The number of nitrogens with zero attached hydrogens (tertiary/aromatic N) is 1. The predicted octanol–water partition coefficient (Wildman–Crippen LogP) is 4.52. The molecule has 0 saturated carbocycles. The van der Waals surface area contributed by atoms with E-state index in [1.165, 1.54) is 10.9 Å². The fourth-order valence-corrected chi connectivity index (χ4v) is 4.99. The van der Waals surface area contributed by atoms with Gasteiger partial charge in [-0.2, -0.15) is 0 Å². The van der Waals surface area contributed by atoms with E-state index in [0.29, 0.717) is 10.8 Å². The number of para-hydroxylation sites is 1. The molecule has 1 amide bonds. The minimum Gasteiger partial charge on any atom is -0.478 e. The molecule has 0 spiro atoms. The topological polar surface area (TPSA) is 45.3 Å². The zero-order valence-corrected chi connectivity index (χ0v) is 16.1. The molecule has 2 aliphatic heterocycles. The molecule has 1 aromatic heterocycles. The maximum absolute atomic E-state index is 13.0. The number of fused-ring (bicyclic) bond motifs is 5. The average molecular weight is 381 g/mol. The Morgan fingerprint density at radius 1 is 1.19 bits per heavy atom. The van der Waals surface area contributed by atoms with E-state index in [2.05, 4.69) is 37.0 Å². The van der Waals surface area contributed by atoms with E-state index in [-0.39, 0.29) is 11.8 Å². The van der Waals surface area contributed by atoms with E-state index in [9.17, 15) is 4.79 Å². The zero-order valence-electron chi connectivity index (χ0n) is 15.3. The van der Waals surface area contributed by atoms with Crippen LogP contribution in [0.2, 0.25) is 5.02 Å². The van der Waals surface area contributed by atoms with Crippen LogP contribution in [0.25, 0.3) is 10.9 Å². The van der Waals surface area contributed by atoms with E-state index in [4.69, 9.17) is 16.3 Å². The Morgan fingerprint density at radius 3 is 2.67 bits per heavy atom. The van der Waals surface area contributed by atoms with Gasteiger partial charge in [0.2, 0.25) is 6.10 Å². The van der Waals surface area contributed by atoms with Gasteiger partial charge in [0.1, 0.15) is 11.3 Å². The number of aromatic amines is 1. The maximum Gasteiger partial charge on any atom is 0.267 e. The summed E-state index contributed by atoms with van der Waals surface area (Å²) in [5.41, 5.74) is 3.09. The first-order valence-electron chi connectivity index (χ1n) is 9.37. The van der Waals surface area contributed by atoms with Gasteiger partial charge in [-0.15, -0.1) is 0 Å². The zero-order chi connectivity index (χ0) is 18.8. The molecule has 138 valence electrons. The Hall–Kier alpha value is -2.46. The number of H-pyrrole nitrogens is 1. The minimum atomic E-state index is -0.536. The van der Waals surface area contributed by atoms with Gasteiger partial charge in [-0.3, -0.25) is 4.79 Å². The summed E-state index contributed by atoms with van der Waals surface area (Å²) < 4.78 is 6.23. The van der Waals surface area contributed by atoms with Crippen molar-refractivity contribution in [1.82, 2.24) is 9.88 Å². The first-order valence-corrected chi connectivity index (χ1v) is 9.75. The molecule has 2 aromatic carbocycles. The monoisotopic (exact) mass is 380 g/mol. The SMILES string of the molecule is CC(C)[C@@]12c3[nH]c4ccccc4c3CCN1C(=O)[C@H]2Oc1ccc(Cl)cc1. The van der Waals surface area contributed by atoms with Gasteiger partial charge in [-0.1, -0.05) is 43.6 Å². The van der Waals surface area contributed by atoms with Crippen LogP contribution in [0, 0.1) is 5.92 Å². The van der Waals surface area contributed by atoms with Gasteiger partial charge in [0.25, 0.3) is 5.91 Å². The third kappa shape index (κ3) is 2.13. The van der Waals surface area contributed by atoms with Gasteiger partial charge >= 0.3 is 0 Å². The first-order chi connectivity index (χ1) is 13.0. The Balaban J connectivity index is 1.65. The molecule has 5 rings (SSSR count). The number of rotatable bonds is 3. The highest BCUT2D eigenvalue weighted by Crippen LogP contribution is 2.53. The summed E-state index contributed by atoms with van der Waals surface area (Å²) in [7, 11) is 0. The Morgan fingerprint density at radius 2 is 1.93 bits per heavy atom. The highest BCUT2D eigenvalue weighted by Gasteiger charge is 2.67. The van der Waals surface area contributed by atoms with Gasteiger partial charge in [-0.25, -0.2) is 0 Å². The fraction of sp³-hybridized carbons (Fsp3) is 0.318. The largest absolute Gasteiger partial charge is 0.478 e. The van der Waals surface area contributed by atoms with Crippen LogP contribution in [0.4, 0.5) is 0 Å². The first kappa shape index (κ1) is 16.7. The average Bonchev–Trinajstić information content (AvgIpc) is 3.04. The number of hydrogen-bond acceptors (Lipinski definition) is 2. The number of halogens is 1. The van der Waals surface area contributed by atoms with E-state index >= 15 is 0 Å². The van der Waals surface area contributed by atoms with E-state index < -0.39 is 11.6 Å². The highest BCUT2D eigenvalue weighted by molar-refractivity contribution is 6.30. The third-order valence-electron chi connectivity index (χ3n) is 6.08. The Kier molecular flexibility index (Phi) is 3.57. The van der Waals surface area contributed by atoms with Gasteiger partial charge in [-0.05, 0) is 48.2 Å². The molecule has 2 aliphatic rings. The van der Waals surface area contributed by atoms with Crippen LogP contribution >= 0.6 is 11.6 Å². The van der Waals surface area contributed by atoms with E-state index in [1.807, 2.05) is 23.1 Å². The summed E-state index contributed by atoms with van der Waals surface area (Å²) in [6.45, 7) is 5.06. The molecule has 1 fully saturated rings. The highest BCUT2D eigenvalue weighted by atomic mass is 35.5. The van der Waals surface area contributed by atoms with Crippen molar-refractivity contribution in [3.63, 3.8) is 0 Å². The molecular weight excluding hydrogens is 360 g/mol. The molecule has 4 nitrogen and oxygen atoms in total. The minimum absolute atomic E-state index is 0.0583. The number of nitrogens with one attached hydrogen (secondary N) is 1. The van der Waals surface area contributed by atoms with Gasteiger partial charge < -0.3 is 14.6 Å². The van der Waals surface area contributed by atoms with Crippen LogP contribution in [-0.2, 0) is 16.8 Å². The van der Waals surface area contributed by atoms with Crippen molar-refractivity contribution in [1.29, 1.82) is 0 Å². The number of carbonyl (C=O) groups is 1. The standard InChI is InChI=1S/C22H21ClN2O2/c1-13(2)22-19-17(16-5-3-4-6-18(16)24-19)11-12-25(22)21(26)20(22)27-15-9-7-14(23)8-10-15/h3-10,13,20,24H,11-12H2,1-2H3/t20-,22+/m1/s1. The van der Waals surface area contributed by atoms with Crippen LogP contribution in [0.15, 0.2) is 48.5 Å². The number of carbonyl (C=O) groups excluding carboxylic acids is 1. The molecule has 3 aromatic rings. The molecular formula is C22H21ClN2O2. The van der Waals surface area contributed by atoms with Crippen molar-refractivity contribution in [3.8, 4) is 5.75 Å². The number of benzene rings is 2. The molecule has 5 heteroatoms. The number of β-lactam (4-membered cyclic amide) rings is 1. The summed E-state index contributed by atoms with van der Waals surface area (Å²) in [5.74, 6) is 0.934. The second-order valence-electron chi connectivity index (χ2n) is 7.70. The lowest BCUT2D eigenvalue weighted by molar-refractivity contribution is -0.194. The molecule has 0 aliphatic carbocycles. The number of amides is 1. The molecule has 1 saturated heterocycles. The van der Waals surface area contributed by atoms with Crippen LogP contribution in [0.5, 0.6) is 5.75 Å². The van der Waals surface area contributed by atoms with Gasteiger partial charge in [0, 0.05) is 22.5 Å². The van der Waals surface area contributed by atoms with Gasteiger partial charge in [0.05, 0.1) is 5.69 Å². The number of hydrogen-bond donors (Lipinski definition) is 1. The number of aromatic nitrogens is 1. The molecule has 0 bridgehead atoms. The smallest absolute Gasteiger partial charge is 0.267 e. The van der Waals surface area contributed by atoms with E-state index in [0.717, 1.165) is 24.2 Å². The predicted molar refractivity (Wildman–Crippen MR) is 106 cm³/mol. The van der Waals surface area contributed by atoms with Crippen molar-refractivity contribution >= 4 is 28.4 Å². The summed E-state index contributed by atoms with van der Waals surface area (Å²) in [5, 5.41) is 1.90. The normalized spacial score (nSPS) is 23.9. The quantitative estimate of drug-likeness (QED) is 0.679. The van der Waals surface area contributed by atoms with Crippen molar-refractivity contribution in [2.24, 2.45) is 5.92 Å². The molecule has 0 radical (unpaired) electrons. The molecule has 27 heavy (non-hydrogen) atoms. The van der Waals surface area contributed by atoms with Crippen LogP contribution < -0.4 is 4.74 Å². The van der Waals surface area contributed by atoms with Crippen molar-refractivity contribution < 1.29 is 9.53 Å². The van der Waals surface area contributed by atoms with Crippen LogP contribution in [-0.4, -0.2) is 28.4 Å². The fourth-order valence-electron chi connectivity index (χ4n) is 4.87. The Bertz CT molecular complexity index is 1040. The summed E-state index contributed by atoms with van der Waals surface area (Å²) in [6, 6.07) is 15.6. The summed E-state index contributed by atoms with van der Waals surface area (Å²) >= 11 is 5.99. The van der Waals surface area contributed by atoms with Crippen LogP contribution in [0.1, 0.15) is 25.1 Å². The summed E-state index contributed by atoms with van der Waals surface area (Å²) in [4.78, 5) is 18.6. The lowest BCUT2D eigenvalue weighted by atomic mass is 9.66. The lowest BCUT2D eigenvalue weighted by Crippen LogP contribution is -2.77. The summed E-state index contributed by atoms with van der Waals surface area (Å²) in [6.07, 6.45) is 0.332. The Labute approximate surface area is 163 Å². The van der Waals surface area contributed by atoms with Crippen LogP contribution in [0.3, 0.4) is 0 Å². The number of ether oxygens (including phenoxy) is 1. The third-order valence-corrected chi connectivity index (χ3v) is 6.34. The lowest BCUT2D eigenvalue weighted by Gasteiger charge is -2.60. The van der Waals surface area contributed by atoms with Crippen molar-refractivity contribution in [2.75, 3.05) is 6.54 Å². The van der Waals surface area contributed by atoms with Crippen molar-refractivity contribution in [3.05, 3.63) is 64.8 Å². The molecule has 0 unspecified atom stereocenters. The maximum atomic E-state index is 13.0. The van der Waals surface area contributed by atoms with Crippen molar-refractivity contribution in [2.45, 2.75) is 31.9 Å². The van der Waals surface area contributed by atoms with Gasteiger partial charge in [0.15, 0.2) is 0 Å². The van der Waals surface area contributed by atoms with E-state index in [1.54, 1.807) is 12.1 Å². The molecule has 3 heterocycles.